The lowest BCUT2D eigenvalue weighted by Gasteiger charge is -2.16. The van der Waals surface area contributed by atoms with E-state index in [9.17, 15) is 0 Å². The van der Waals surface area contributed by atoms with Crippen molar-refractivity contribution in [2.75, 3.05) is 13.1 Å². The van der Waals surface area contributed by atoms with Gasteiger partial charge in [0.05, 0.1) is 17.4 Å². The molecule has 0 aromatic carbocycles. The van der Waals surface area contributed by atoms with Crippen LogP contribution in [-0.2, 0) is 13.0 Å². The molecule has 2 aromatic heterocycles. The predicted molar refractivity (Wildman–Crippen MR) is 84.2 cm³/mol. The topological polar surface area (TPSA) is 34.0 Å². The largest absolute Gasteiger partial charge is 0.295 e. The van der Waals surface area contributed by atoms with Crippen molar-refractivity contribution in [1.29, 1.82) is 0 Å². The maximum absolute atomic E-state index is 4.63. The van der Waals surface area contributed by atoms with Crippen LogP contribution in [0.15, 0.2) is 24.4 Å². The molecule has 4 heteroatoms. The summed E-state index contributed by atoms with van der Waals surface area (Å²) < 4.78 is 2.20. The Bertz CT molecular complexity index is 600. The summed E-state index contributed by atoms with van der Waals surface area (Å²) in [6, 6.07) is 7.02. The minimum absolute atomic E-state index is 0.508. The van der Waals surface area contributed by atoms with Gasteiger partial charge in [-0.05, 0) is 44.4 Å². The van der Waals surface area contributed by atoms with Crippen LogP contribution in [-0.4, -0.2) is 32.8 Å². The Hall–Kier alpha value is -1.68. The van der Waals surface area contributed by atoms with E-state index in [0.717, 1.165) is 31.7 Å². The second kappa shape index (κ2) is 5.98. The van der Waals surface area contributed by atoms with E-state index in [1.54, 1.807) is 0 Å². The monoisotopic (exact) mass is 284 g/mol. The highest BCUT2D eigenvalue weighted by Crippen LogP contribution is 2.24. The molecule has 3 heterocycles. The van der Waals surface area contributed by atoms with Crippen LogP contribution in [0.2, 0.25) is 0 Å². The molecular weight excluding hydrogens is 260 g/mol. The average molecular weight is 284 g/mol. The van der Waals surface area contributed by atoms with Crippen molar-refractivity contribution >= 4 is 0 Å². The second-order valence-electron chi connectivity index (χ2n) is 6.06. The van der Waals surface area contributed by atoms with Crippen LogP contribution < -0.4 is 0 Å². The summed E-state index contributed by atoms with van der Waals surface area (Å²) in [5.74, 6) is 0. The van der Waals surface area contributed by atoms with E-state index in [0.29, 0.717) is 6.04 Å². The van der Waals surface area contributed by atoms with Crippen molar-refractivity contribution < 1.29 is 0 Å². The first-order valence-electron chi connectivity index (χ1n) is 7.84. The summed E-state index contributed by atoms with van der Waals surface area (Å²) in [6.07, 6.45) is 4.23. The third-order valence-corrected chi connectivity index (χ3v) is 4.32. The molecule has 0 saturated carbocycles. The molecule has 0 amide bonds. The third-order valence-electron chi connectivity index (χ3n) is 4.32. The summed E-state index contributed by atoms with van der Waals surface area (Å²) >= 11 is 0. The molecule has 0 bridgehead atoms. The van der Waals surface area contributed by atoms with E-state index >= 15 is 0 Å². The van der Waals surface area contributed by atoms with Gasteiger partial charge >= 0.3 is 0 Å². The van der Waals surface area contributed by atoms with E-state index in [1.165, 1.54) is 23.4 Å². The number of aryl methyl sites for hydroxylation is 3. The highest BCUT2D eigenvalue weighted by Gasteiger charge is 2.25. The van der Waals surface area contributed by atoms with Crippen molar-refractivity contribution in [3.63, 3.8) is 0 Å². The number of hydrogen-bond acceptors (Lipinski definition) is 3. The first-order valence-corrected chi connectivity index (χ1v) is 7.84. The molecule has 1 aliphatic heterocycles. The Kier molecular flexibility index (Phi) is 4.06. The lowest BCUT2D eigenvalue weighted by molar-refractivity contribution is 0.307. The van der Waals surface area contributed by atoms with Crippen molar-refractivity contribution in [3.8, 4) is 0 Å². The number of likely N-dealkylation sites (tertiary alicyclic amines) is 1. The standard InChI is InChI=1S/C17H24N4/c1-4-15-5-6-16(18-10-15)11-20-8-7-17(12-20)21-14(3)9-13(2)19-21/h5-6,9-10,17H,4,7-8,11-12H2,1-3H3/t17-/m1/s1. The number of aromatic nitrogens is 3. The maximum Gasteiger partial charge on any atom is 0.0661 e. The molecule has 3 rings (SSSR count). The third kappa shape index (κ3) is 3.16. The van der Waals surface area contributed by atoms with Crippen molar-refractivity contribution in [2.24, 2.45) is 0 Å². The molecule has 2 aromatic rings. The van der Waals surface area contributed by atoms with Gasteiger partial charge in [-0.1, -0.05) is 13.0 Å². The maximum atomic E-state index is 4.63. The molecule has 0 unspecified atom stereocenters. The molecule has 1 atom stereocenters. The molecule has 0 N–H and O–H groups in total. The van der Waals surface area contributed by atoms with E-state index in [1.807, 2.05) is 6.20 Å². The molecule has 4 nitrogen and oxygen atoms in total. The Morgan fingerprint density at radius 2 is 2.14 bits per heavy atom. The molecule has 1 fully saturated rings. The Labute approximate surface area is 126 Å². The Morgan fingerprint density at radius 1 is 1.29 bits per heavy atom. The van der Waals surface area contributed by atoms with E-state index in [2.05, 4.69) is 58.6 Å². The first-order chi connectivity index (χ1) is 10.2. The number of rotatable bonds is 4. The summed E-state index contributed by atoms with van der Waals surface area (Å²) in [6.45, 7) is 9.51. The van der Waals surface area contributed by atoms with Gasteiger partial charge in [0, 0.05) is 31.5 Å². The number of nitrogens with zero attached hydrogens (tertiary/aromatic N) is 4. The fourth-order valence-electron chi connectivity index (χ4n) is 3.16. The molecule has 1 saturated heterocycles. The first kappa shape index (κ1) is 14.3. The van der Waals surface area contributed by atoms with E-state index in [4.69, 9.17) is 0 Å². The summed E-state index contributed by atoms with van der Waals surface area (Å²) in [5, 5.41) is 4.63. The van der Waals surface area contributed by atoms with Gasteiger partial charge < -0.3 is 0 Å². The van der Waals surface area contributed by atoms with Gasteiger partial charge in [-0.3, -0.25) is 14.6 Å². The molecule has 1 aliphatic rings. The number of pyridine rings is 1. The summed E-state index contributed by atoms with van der Waals surface area (Å²) in [7, 11) is 0. The zero-order chi connectivity index (χ0) is 14.8. The molecule has 21 heavy (non-hydrogen) atoms. The highest BCUT2D eigenvalue weighted by atomic mass is 15.3. The Morgan fingerprint density at radius 3 is 2.76 bits per heavy atom. The minimum atomic E-state index is 0.508. The van der Waals surface area contributed by atoms with Crippen molar-refractivity contribution in [2.45, 2.75) is 46.2 Å². The lowest BCUT2D eigenvalue weighted by atomic mass is 10.2. The fourth-order valence-corrected chi connectivity index (χ4v) is 3.16. The number of hydrogen-bond donors (Lipinski definition) is 0. The van der Waals surface area contributed by atoms with Crippen LogP contribution in [0.5, 0.6) is 0 Å². The normalized spacial score (nSPS) is 19.3. The van der Waals surface area contributed by atoms with E-state index < -0.39 is 0 Å². The summed E-state index contributed by atoms with van der Waals surface area (Å²) in [5.41, 5.74) is 4.86. The minimum Gasteiger partial charge on any atom is -0.295 e. The zero-order valence-electron chi connectivity index (χ0n) is 13.2. The van der Waals surface area contributed by atoms with Crippen LogP contribution in [0, 0.1) is 13.8 Å². The van der Waals surface area contributed by atoms with Gasteiger partial charge in [-0.2, -0.15) is 5.10 Å². The van der Waals surface area contributed by atoms with Gasteiger partial charge in [0.25, 0.3) is 0 Å². The van der Waals surface area contributed by atoms with E-state index in [-0.39, 0.29) is 0 Å². The molecule has 0 radical (unpaired) electrons. The molecule has 112 valence electrons. The fraction of sp³-hybridized carbons (Fsp3) is 0.529. The molecule has 0 aliphatic carbocycles. The van der Waals surface area contributed by atoms with Gasteiger partial charge in [-0.15, -0.1) is 0 Å². The highest BCUT2D eigenvalue weighted by molar-refractivity contribution is 5.14. The predicted octanol–water partition coefficient (Wildman–Crippen LogP) is 2.90. The van der Waals surface area contributed by atoms with Gasteiger partial charge in [0.2, 0.25) is 0 Å². The molecular formula is C17H24N4. The van der Waals surface area contributed by atoms with Gasteiger partial charge in [0.1, 0.15) is 0 Å². The van der Waals surface area contributed by atoms with Crippen molar-refractivity contribution in [3.05, 3.63) is 47.0 Å². The quantitative estimate of drug-likeness (QED) is 0.865. The summed E-state index contributed by atoms with van der Waals surface area (Å²) in [4.78, 5) is 7.05. The SMILES string of the molecule is CCc1ccc(CN2CC[C@@H](n3nc(C)cc3C)C2)nc1. The van der Waals surface area contributed by atoms with Crippen LogP contribution >= 0.6 is 0 Å². The van der Waals surface area contributed by atoms with Crippen LogP contribution in [0.25, 0.3) is 0 Å². The van der Waals surface area contributed by atoms with Gasteiger partial charge in [-0.25, -0.2) is 0 Å². The second-order valence-corrected chi connectivity index (χ2v) is 6.06. The van der Waals surface area contributed by atoms with Crippen LogP contribution in [0.1, 0.15) is 42.0 Å². The lowest BCUT2D eigenvalue weighted by Crippen LogP contribution is -2.22. The zero-order valence-corrected chi connectivity index (χ0v) is 13.2. The Balaban J connectivity index is 1.62. The average Bonchev–Trinajstić information content (AvgIpc) is 3.06. The van der Waals surface area contributed by atoms with Crippen LogP contribution in [0.4, 0.5) is 0 Å². The smallest absolute Gasteiger partial charge is 0.0661 e. The van der Waals surface area contributed by atoms with Crippen LogP contribution in [0.3, 0.4) is 0 Å². The van der Waals surface area contributed by atoms with Gasteiger partial charge in [0.15, 0.2) is 0 Å². The van der Waals surface area contributed by atoms with Crippen molar-refractivity contribution in [1.82, 2.24) is 19.7 Å². The molecule has 0 spiro atoms.